The molecule has 4 nitrogen and oxygen atoms in total. The minimum Gasteiger partial charge on any atom is -0.310 e. The topological polar surface area (TPSA) is 14.7 Å². The summed E-state index contributed by atoms with van der Waals surface area (Å²) < 4.78 is 5.02. The summed E-state index contributed by atoms with van der Waals surface area (Å²) in [5.41, 5.74) is 15.3. The summed E-state index contributed by atoms with van der Waals surface area (Å²) in [5.74, 6) is 0. The van der Waals surface area contributed by atoms with Crippen molar-refractivity contribution in [2.75, 3.05) is 14.7 Å². The van der Waals surface area contributed by atoms with Crippen molar-refractivity contribution in [2.45, 2.75) is 0 Å². The van der Waals surface area contributed by atoms with Crippen LogP contribution < -0.4 is 14.7 Å². The lowest BCUT2D eigenvalue weighted by Crippen LogP contribution is -2.13. The Morgan fingerprint density at radius 3 is 1.37 bits per heavy atom. The molecule has 5 heteroatoms. The first-order chi connectivity index (χ1) is 37.2. The summed E-state index contributed by atoms with van der Waals surface area (Å²) in [5, 5.41) is 7.33. The van der Waals surface area contributed by atoms with E-state index in [1.165, 1.54) is 41.7 Å². The van der Waals surface area contributed by atoms with Crippen molar-refractivity contribution in [3.63, 3.8) is 0 Å². The van der Waals surface area contributed by atoms with Crippen LogP contribution in [0.5, 0.6) is 0 Å². The second-order valence-electron chi connectivity index (χ2n) is 19.0. The van der Waals surface area contributed by atoms with Crippen molar-refractivity contribution >= 4 is 115 Å². The van der Waals surface area contributed by atoms with Gasteiger partial charge >= 0.3 is 0 Å². The van der Waals surface area contributed by atoms with E-state index in [1.54, 1.807) is 0 Å². The second kappa shape index (κ2) is 18.7. The van der Waals surface area contributed by atoms with E-state index < -0.39 is 0 Å². The quantitative estimate of drug-likeness (QED) is 0.128. The summed E-state index contributed by atoms with van der Waals surface area (Å²) in [6.07, 6.45) is 0. The molecule has 0 bridgehead atoms. The molecule has 0 aliphatic rings. The average molecular weight is 977 g/mol. The zero-order valence-electron chi connectivity index (χ0n) is 40.9. The zero-order valence-corrected chi connectivity index (χ0v) is 41.7. The lowest BCUT2D eigenvalue weighted by Gasteiger charge is -2.30. The number of aromatic nitrogens is 1. The molecule has 0 N–H and O–H groups in total. The first kappa shape index (κ1) is 44.1. The number of nitrogens with zero attached hydrogens (tertiary/aromatic N) is 4. The van der Waals surface area contributed by atoms with Gasteiger partial charge in [-0.2, -0.15) is 0 Å². The van der Waals surface area contributed by atoms with Crippen LogP contribution in [0.15, 0.2) is 291 Å². The normalized spacial score (nSPS) is 11.5. The van der Waals surface area contributed by atoms with Crippen LogP contribution in [0.4, 0.5) is 51.2 Å². The Morgan fingerprint density at radius 2 is 0.733 bits per heavy atom. The average Bonchev–Trinajstić information content (AvgIpc) is 4.02. The molecule has 2 aromatic heterocycles. The third-order valence-electron chi connectivity index (χ3n) is 14.4. The largest absolute Gasteiger partial charge is 0.310 e. The fraction of sp³-hybridized carbons (Fsp3) is 0. The van der Waals surface area contributed by atoms with Gasteiger partial charge in [-0.25, -0.2) is 0 Å². The first-order valence-electron chi connectivity index (χ1n) is 25.5. The van der Waals surface area contributed by atoms with Crippen LogP contribution in [0.3, 0.4) is 0 Å². The molecule has 0 atom stereocenters. The predicted octanol–water partition coefficient (Wildman–Crippen LogP) is 20.4. The molecule has 12 aromatic carbocycles. The smallest absolute Gasteiger partial charge is 0.0561 e. The molecule has 0 saturated heterocycles. The highest BCUT2D eigenvalue weighted by atomic mass is 32.1. The number of anilines is 9. The van der Waals surface area contributed by atoms with Crippen LogP contribution in [0, 0.1) is 0 Å². The molecule has 0 spiro atoms. The maximum atomic E-state index is 2.44. The summed E-state index contributed by atoms with van der Waals surface area (Å²) in [4.78, 5) is 7.16. The molecule has 0 aliphatic carbocycles. The van der Waals surface area contributed by atoms with Crippen LogP contribution in [-0.2, 0) is 0 Å². The number of hydrogen-bond acceptors (Lipinski definition) is 4. The van der Waals surface area contributed by atoms with Crippen molar-refractivity contribution in [1.29, 1.82) is 0 Å². The molecule has 75 heavy (non-hydrogen) atoms. The standard InChI is InChI=1S/C70H48N4S/c1-6-22-53(23-7-1)71(54-24-8-2-9-25-54)61-43-52(44-62(46-61)72(55-26-10-3-11-27-55)56-28-12-4-13-29-56)51-35-40-67-65(45-51)63-39-37-60(48-68(63)74(67)57-30-14-5-15-31-57)73(58-36-34-49-20-16-17-21-50(49)42-58)59-38-41-70-66(47-59)64-32-18-19-33-69(64)75-70/h1-48H. The number of thiophene rings is 1. The third-order valence-corrected chi connectivity index (χ3v) is 15.6. The van der Waals surface area contributed by atoms with Gasteiger partial charge in [0.2, 0.25) is 0 Å². The van der Waals surface area contributed by atoms with Gasteiger partial charge in [-0.05, 0) is 161 Å². The van der Waals surface area contributed by atoms with Crippen molar-refractivity contribution in [3.05, 3.63) is 291 Å². The van der Waals surface area contributed by atoms with Gasteiger partial charge in [0.25, 0.3) is 0 Å². The van der Waals surface area contributed by atoms with Gasteiger partial charge in [0.1, 0.15) is 0 Å². The minimum atomic E-state index is 1.05. The Kier molecular flexibility index (Phi) is 11.0. The fourth-order valence-corrected chi connectivity index (χ4v) is 12.1. The Bertz CT molecular complexity index is 4180. The van der Waals surface area contributed by atoms with Gasteiger partial charge in [-0.15, -0.1) is 11.3 Å². The van der Waals surface area contributed by atoms with Gasteiger partial charge in [-0.3, -0.25) is 0 Å². The molecule has 0 amide bonds. The van der Waals surface area contributed by atoms with Crippen molar-refractivity contribution in [1.82, 2.24) is 4.57 Å². The van der Waals surface area contributed by atoms with Crippen LogP contribution in [0.1, 0.15) is 0 Å². The Labute approximate surface area is 440 Å². The van der Waals surface area contributed by atoms with E-state index in [-0.39, 0.29) is 0 Å². The Balaban J connectivity index is 0.988. The Hall–Kier alpha value is -9.68. The van der Waals surface area contributed by atoms with E-state index in [0.717, 1.165) is 79.0 Å². The number of rotatable bonds is 11. The summed E-state index contributed by atoms with van der Waals surface area (Å²) in [6.45, 7) is 0. The van der Waals surface area contributed by atoms with Gasteiger partial charge in [0.05, 0.1) is 11.0 Å². The van der Waals surface area contributed by atoms with Crippen LogP contribution >= 0.6 is 11.3 Å². The third kappa shape index (κ3) is 8.04. The molecule has 0 saturated carbocycles. The highest BCUT2D eigenvalue weighted by Gasteiger charge is 2.22. The highest BCUT2D eigenvalue weighted by molar-refractivity contribution is 7.25. The van der Waals surface area contributed by atoms with Crippen LogP contribution in [0.2, 0.25) is 0 Å². The van der Waals surface area contributed by atoms with E-state index >= 15 is 0 Å². The molecule has 0 aliphatic heterocycles. The number of para-hydroxylation sites is 5. The molecule has 0 unspecified atom stereocenters. The van der Waals surface area contributed by atoms with E-state index in [1.807, 2.05) is 11.3 Å². The molecule has 0 fully saturated rings. The molecule has 14 rings (SSSR count). The van der Waals surface area contributed by atoms with Crippen LogP contribution in [0.25, 0.3) is 69.6 Å². The van der Waals surface area contributed by atoms with Crippen molar-refractivity contribution < 1.29 is 0 Å². The second-order valence-corrected chi connectivity index (χ2v) is 20.1. The molecule has 2 heterocycles. The maximum Gasteiger partial charge on any atom is 0.0561 e. The van der Waals surface area contributed by atoms with E-state index in [0.29, 0.717) is 0 Å². The lowest BCUT2D eigenvalue weighted by molar-refractivity contribution is 1.18. The first-order valence-corrected chi connectivity index (χ1v) is 26.3. The minimum absolute atomic E-state index is 1.05. The van der Waals surface area contributed by atoms with E-state index in [4.69, 9.17) is 0 Å². The van der Waals surface area contributed by atoms with Gasteiger partial charge < -0.3 is 19.3 Å². The predicted molar refractivity (Wildman–Crippen MR) is 321 cm³/mol. The van der Waals surface area contributed by atoms with Gasteiger partial charge in [0, 0.05) is 87.8 Å². The van der Waals surface area contributed by atoms with E-state index in [9.17, 15) is 0 Å². The van der Waals surface area contributed by atoms with E-state index in [2.05, 4.69) is 310 Å². The molecular formula is C70H48N4S. The van der Waals surface area contributed by atoms with Crippen LogP contribution in [-0.4, -0.2) is 4.57 Å². The molecule has 14 aromatic rings. The number of hydrogen-bond donors (Lipinski definition) is 0. The van der Waals surface area contributed by atoms with Gasteiger partial charge in [-0.1, -0.05) is 152 Å². The zero-order chi connectivity index (χ0) is 49.7. The number of fused-ring (bicyclic) bond motifs is 7. The van der Waals surface area contributed by atoms with Crippen molar-refractivity contribution in [3.8, 4) is 16.8 Å². The summed E-state index contributed by atoms with van der Waals surface area (Å²) >= 11 is 1.85. The lowest BCUT2D eigenvalue weighted by atomic mass is 9.99. The molecular weight excluding hydrogens is 929 g/mol. The fourth-order valence-electron chi connectivity index (χ4n) is 11.0. The van der Waals surface area contributed by atoms with Crippen molar-refractivity contribution in [2.24, 2.45) is 0 Å². The summed E-state index contributed by atoms with van der Waals surface area (Å²) in [7, 11) is 0. The molecule has 0 radical (unpaired) electrons. The number of benzene rings is 12. The van der Waals surface area contributed by atoms with Gasteiger partial charge in [0.15, 0.2) is 0 Å². The summed E-state index contributed by atoms with van der Waals surface area (Å²) in [6, 6.07) is 106. The highest BCUT2D eigenvalue weighted by Crippen LogP contribution is 2.46. The SMILES string of the molecule is c1ccc(N(c2ccccc2)c2cc(-c3ccc4c(c3)c3ccc(N(c5ccc6ccccc6c5)c5ccc6sc7ccccc7c6c5)cc3n4-c3ccccc3)cc(N(c3ccccc3)c3ccccc3)c2)cc1. The Morgan fingerprint density at radius 1 is 0.240 bits per heavy atom. The monoisotopic (exact) mass is 976 g/mol. The molecule has 354 valence electrons. The maximum absolute atomic E-state index is 2.44.